The summed E-state index contributed by atoms with van der Waals surface area (Å²) in [5.74, 6) is -3.19. The highest BCUT2D eigenvalue weighted by Gasteiger charge is 2.44. The summed E-state index contributed by atoms with van der Waals surface area (Å²) in [6, 6.07) is 13.2. The molecule has 1 fully saturated rings. The number of pyridine rings is 1. The van der Waals surface area contributed by atoms with E-state index in [2.05, 4.69) is 10.3 Å². The molecule has 0 spiro atoms. The molecule has 2 atom stereocenters. The number of aromatic nitrogens is 1. The second-order valence-electron chi connectivity index (χ2n) is 8.68. The molecule has 12 heteroatoms. The number of aliphatic carboxylic acids is 1. The molecule has 3 amide bonds. The fraction of sp³-hybridized carbons (Fsp3) is 0.222. The van der Waals surface area contributed by atoms with Crippen molar-refractivity contribution in [1.82, 2.24) is 20.1 Å². The van der Waals surface area contributed by atoms with E-state index in [-0.39, 0.29) is 29.4 Å². The number of carbonyl (C=O) groups is 4. The minimum Gasteiger partial charge on any atom is -0.497 e. The van der Waals surface area contributed by atoms with Gasteiger partial charge in [0.05, 0.1) is 25.1 Å². The standard InChI is InChI=1S/C27H24ClFN4O6/c1-39-20-4-2-3-17(13-20)26(37)32-11-12-33(27(38)18-7-10-22(28)30-15-18)25(32)24(36)31-21(14-23(34)35)16-5-8-19(29)9-6-16/h2-10,13,15,21,25H,11-12,14H2,1H3,(H,31,36)(H,34,35). The Labute approximate surface area is 228 Å². The highest BCUT2D eigenvalue weighted by Crippen LogP contribution is 2.25. The number of nitrogens with zero attached hydrogens (tertiary/aromatic N) is 3. The molecule has 1 saturated heterocycles. The van der Waals surface area contributed by atoms with Gasteiger partial charge >= 0.3 is 5.97 Å². The molecular formula is C27H24ClFN4O6. The Morgan fingerprint density at radius 1 is 1.05 bits per heavy atom. The van der Waals surface area contributed by atoms with E-state index in [9.17, 15) is 28.7 Å². The van der Waals surface area contributed by atoms with Crippen LogP contribution in [0.2, 0.25) is 5.15 Å². The van der Waals surface area contributed by atoms with Crippen molar-refractivity contribution in [2.24, 2.45) is 0 Å². The molecule has 2 unspecified atom stereocenters. The largest absolute Gasteiger partial charge is 0.497 e. The lowest BCUT2D eigenvalue weighted by atomic mass is 10.0. The van der Waals surface area contributed by atoms with Gasteiger partial charge in [0, 0.05) is 24.8 Å². The van der Waals surface area contributed by atoms with Crippen molar-refractivity contribution >= 4 is 35.3 Å². The first kappa shape index (κ1) is 27.5. The predicted octanol–water partition coefficient (Wildman–Crippen LogP) is 3.14. The Bertz CT molecular complexity index is 1390. The van der Waals surface area contributed by atoms with Crippen molar-refractivity contribution in [1.29, 1.82) is 0 Å². The molecule has 1 aliphatic heterocycles. The minimum absolute atomic E-state index is 0.0232. The van der Waals surface area contributed by atoms with E-state index in [1.165, 1.54) is 53.4 Å². The zero-order chi connectivity index (χ0) is 28.1. The Balaban J connectivity index is 1.68. The van der Waals surface area contributed by atoms with Gasteiger partial charge in [-0.05, 0) is 48.0 Å². The molecular weight excluding hydrogens is 531 g/mol. The van der Waals surface area contributed by atoms with Crippen molar-refractivity contribution in [3.05, 3.63) is 94.5 Å². The van der Waals surface area contributed by atoms with Crippen molar-refractivity contribution in [2.45, 2.75) is 18.6 Å². The van der Waals surface area contributed by atoms with Crippen LogP contribution < -0.4 is 10.1 Å². The molecule has 2 heterocycles. The number of carboxylic acid groups (broad SMARTS) is 1. The topological polar surface area (TPSA) is 129 Å². The van der Waals surface area contributed by atoms with Gasteiger partial charge in [0.2, 0.25) is 0 Å². The number of amides is 3. The van der Waals surface area contributed by atoms with Crippen LogP contribution in [0.15, 0.2) is 66.9 Å². The lowest BCUT2D eigenvalue weighted by Crippen LogP contribution is -2.54. The summed E-state index contributed by atoms with van der Waals surface area (Å²) >= 11 is 5.84. The quantitative estimate of drug-likeness (QED) is 0.409. The van der Waals surface area contributed by atoms with Crippen LogP contribution in [0.1, 0.15) is 38.7 Å². The normalized spacial score (nSPS) is 15.5. The number of halogens is 2. The van der Waals surface area contributed by atoms with Gasteiger partial charge in [0.15, 0.2) is 6.17 Å². The summed E-state index contributed by atoms with van der Waals surface area (Å²) < 4.78 is 18.7. The third-order valence-corrected chi connectivity index (χ3v) is 6.41. The number of nitrogens with one attached hydrogen (secondary N) is 1. The summed E-state index contributed by atoms with van der Waals surface area (Å²) in [5.41, 5.74) is 0.722. The molecule has 10 nitrogen and oxygen atoms in total. The Hall–Kier alpha value is -4.51. The summed E-state index contributed by atoms with van der Waals surface area (Å²) in [4.78, 5) is 58.6. The predicted molar refractivity (Wildman–Crippen MR) is 138 cm³/mol. The third kappa shape index (κ3) is 6.32. The number of benzene rings is 2. The van der Waals surface area contributed by atoms with Gasteiger partial charge in [-0.25, -0.2) is 9.37 Å². The Kier molecular flexibility index (Phi) is 8.40. The van der Waals surface area contributed by atoms with E-state index in [0.29, 0.717) is 11.3 Å². The lowest BCUT2D eigenvalue weighted by molar-refractivity contribution is -0.138. The number of hydrogen-bond acceptors (Lipinski definition) is 6. The second kappa shape index (κ2) is 11.9. The van der Waals surface area contributed by atoms with Crippen LogP contribution in [-0.4, -0.2) is 69.9 Å². The van der Waals surface area contributed by atoms with E-state index >= 15 is 0 Å². The number of hydrogen-bond donors (Lipinski definition) is 2. The molecule has 0 radical (unpaired) electrons. The Morgan fingerprint density at radius 3 is 2.31 bits per heavy atom. The second-order valence-corrected chi connectivity index (χ2v) is 9.07. The highest BCUT2D eigenvalue weighted by atomic mass is 35.5. The number of rotatable bonds is 8. The van der Waals surface area contributed by atoms with E-state index < -0.39 is 48.1 Å². The zero-order valence-electron chi connectivity index (χ0n) is 20.7. The van der Waals surface area contributed by atoms with E-state index in [4.69, 9.17) is 16.3 Å². The van der Waals surface area contributed by atoms with E-state index in [0.717, 1.165) is 12.1 Å². The molecule has 1 aromatic heterocycles. The number of ether oxygens (including phenoxy) is 1. The molecule has 0 aliphatic carbocycles. The molecule has 3 aromatic rings. The highest BCUT2D eigenvalue weighted by molar-refractivity contribution is 6.29. The Morgan fingerprint density at radius 2 is 1.72 bits per heavy atom. The first-order chi connectivity index (χ1) is 18.7. The average molecular weight is 555 g/mol. The van der Waals surface area contributed by atoms with Crippen molar-refractivity contribution in [2.75, 3.05) is 20.2 Å². The number of methoxy groups -OCH3 is 1. The number of carboxylic acids is 1. The van der Waals surface area contributed by atoms with Crippen LogP contribution >= 0.6 is 11.6 Å². The van der Waals surface area contributed by atoms with Crippen molar-refractivity contribution in [3.63, 3.8) is 0 Å². The first-order valence-corrected chi connectivity index (χ1v) is 12.2. The van der Waals surface area contributed by atoms with Gasteiger partial charge in [0.1, 0.15) is 16.7 Å². The van der Waals surface area contributed by atoms with E-state index in [1.54, 1.807) is 18.2 Å². The first-order valence-electron chi connectivity index (χ1n) is 11.8. The molecule has 2 N–H and O–H groups in total. The van der Waals surface area contributed by atoms with Crippen LogP contribution in [0, 0.1) is 5.82 Å². The minimum atomic E-state index is -1.41. The molecule has 0 saturated carbocycles. The number of carbonyl (C=O) groups excluding carboxylic acids is 3. The fourth-order valence-electron chi connectivity index (χ4n) is 4.29. The maximum Gasteiger partial charge on any atom is 0.305 e. The van der Waals surface area contributed by atoms with Crippen LogP contribution in [-0.2, 0) is 9.59 Å². The van der Waals surface area contributed by atoms with Crippen molar-refractivity contribution < 1.29 is 33.4 Å². The van der Waals surface area contributed by atoms with Crippen LogP contribution in [0.4, 0.5) is 4.39 Å². The maximum absolute atomic E-state index is 13.7. The molecule has 202 valence electrons. The third-order valence-electron chi connectivity index (χ3n) is 6.19. The van der Waals surface area contributed by atoms with Crippen LogP contribution in [0.3, 0.4) is 0 Å². The van der Waals surface area contributed by atoms with Crippen molar-refractivity contribution in [3.8, 4) is 5.75 Å². The van der Waals surface area contributed by atoms with Gasteiger partial charge in [-0.1, -0.05) is 29.8 Å². The van der Waals surface area contributed by atoms with Gasteiger partial charge in [-0.15, -0.1) is 0 Å². The fourth-order valence-corrected chi connectivity index (χ4v) is 4.41. The molecule has 39 heavy (non-hydrogen) atoms. The lowest BCUT2D eigenvalue weighted by Gasteiger charge is -2.31. The van der Waals surface area contributed by atoms with Gasteiger partial charge in [-0.3, -0.25) is 19.2 Å². The smallest absolute Gasteiger partial charge is 0.305 e. The molecule has 2 aromatic carbocycles. The van der Waals surface area contributed by atoms with Gasteiger partial charge in [0.25, 0.3) is 17.7 Å². The zero-order valence-corrected chi connectivity index (χ0v) is 21.5. The van der Waals surface area contributed by atoms with E-state index in [1.807, 2.05) is 0 Å². The van der Waals surface area contributed by atoms with Crippen LogP contribution in [0.25, 0.3) is 0 Å². The summed E-state index contributed by atoms with van der Waals surface area (Å²) in [5, 5.41) is 12.3. The van der Waals surface area contributed by atoms with Gasteiger partial charge in [-0.2, -0.15) is 0 Å². The summed E-state index contributed by atoms with van der Waals surface area (Å²) in [7, 11) is 1.45. The van der Waals surface area contributed by atoms with Crippen LogP contribution in [0.5, 0.6) is 5.75 Å². The SMILES string of the molecule is COc1cccc(C(=O)N2CCN(C(=O)c3ccc(Cl)nc3)C2C(=O)NC(CC(=O)O)c2ccc(F)cc2)c1. The monoisotopic (exact) mass is 554 g/mol. The summed E-state index contributed by atoms with van der Waals surface area (Å²) in [6.45, 7) is 0.0520. The average Bonchev–Trinajstić information content (AvgIpc) is 3.38. The molecule has 0 bridgehead atoms. The van der Waals surface area contributed by atoms with Gasteiger partial charge < -0.3 is 25.0 Å². The molecule has 4 rings (SSSR count). The maximum atomic E-state index is 13.7. The molecule has 1 aliphatic rings. The summed E-state index contributed by atoms with van der Waals surface area (Å²) in [6.07, 6.45) is -0.662.